The number of aryl methyl sites for hydroxylation is 3. The molecular weight excluding hydrogens is 358 g/mol. The number of benzene rings is 1. The van der Waals surface area contributed by atoms with Crippen molar-refractivity contribution < 1.29 is 13.2 Å². The zero-order chi connectivity index (χ0) is 18.2. The van der Waals surface area contributed by atoms with Gasteiger partial charge in [0.1, 0.15) is 0 Å². The Labute approximate surface area is 151 Å². The molecule has 0 unspecified atom stereocenters. The standard InChI is InChI=1S/C17H21N3O3S2/c1-4-9-20-15-7-6-14(10-13(15)5-8-16(20)21)19-25(22,23)17-11(2)18-12(3)24-17/h6-7,10,19H,4-5,8-9H2,1-3H3. The number of aromatic nitrogens is 1. The van der Waals surface area contributed by atoms with Gasteiger partial charge in [0.25, 0.3) is 10.0 Å². The summed E-state index contributed by atoms with van der Waals surface area (Å²) in [5, 5.41) is 0.719. The molecule has 0 saturated carbocycles. The van der Waals surface area contributed by atoms with Crippen LogP contribution in [0.1, 0.15) is 36.0 Å². The van der Waals surface area contributed by atoms with Gasteiger partial charge >= 0.3 is 0 Å². The van der Waals surface area contributed by atoms with E-state index in [4.69, 9.17) is 0 Å². The molecule has 0 saturated heterocycles. The first-order valence-electron chi connectivity index (χ1n) is 8.22. The Morgan fingerprint density at radius 2 is 2.04 bits per heavy atom. The van der Waals surface area contributed by atoms with E-state index in [1.807, 2.05) is 19.1 Å². The molecule has 0 bridgehead atoms. The number of nitrogens with one attached hydrogen (secondary N) is 1. The van der Waals surface area contributed by atoms with Crippen LogP contribution < -0.4 is 9.62 Å². The van der Waals surface area contributed by atoms with Crippen LogP contribution in [0.15, 0.2) is 22.4 Å². The third kappa shape index (κ3) is 3.55. The second-order valence-electron chi connectivity index (χ2n) is 6.10. The number of nitrogens with zero attached hydrogens (tertiary/aromatic N) is 2. The number of anilines is 2. The quantitative estimate of drug-likeness (QED) is 0.865. The van der Waals surface area contributed by atoms with Crippen molar-refractivity contribution >= 4 is 38.6 Å². The molecule has 2 aromatic rings. The number of hydrogen-bond donors (Lipinski definition) is 1. The smallest absolute Gasteiger partial charge is 0.273 e. The van der Waals surface area contributed by atoms with E-state index < -0.39 is 10.0 Å². The van der Waals surface area contributed by atoms with Gasteiger partial charge in [-0.2, -0.15) is 0 Å². The van der Waals surface area contributed by atoms with Crippen LogP contribution >= 0.6 is 11.3 Å². The monoisotopic (exact) mass is 379 g/mol. The molecule has 134 valence electrons. The highest BCUT2D eigenvalue weighted by molar-refractivity contribution is 7.94. The first-order chi connectivity index (χ1) is 11.8. The summed E-state index contributed by atoms with van der Waals surface area (Å²) in [5.74, 6) is 0.124. The Morgan fingerprint density at radius 3 is 2.68 bits per heavy atom. The van der Waals surface area contributed by atoms with Crippen molar-refractivity contribution in [3.63, 3.8) is 0 Å². The Hall–Kier alpha value is -1.93. The van der Waals surface area contributed by atoms with E-state index in [0.717, 1.165) is 34.0 Å². The molecule has 0 aliphatic carbocycles. The average Bonchev–Trinajstić information content (AvgIpc) is 2.89. The molecule has 1 amide bonds. The van der Waals surface area contributed by atoms with Crippen LogP contribution in [-0.2, 0) is 21.2 Å². The van der Waals surface area contributed by atoms with Gasteiger partial charge in [0.05, 0.1) is 10.7 Å². The molecule has 0 fully saturated rings. The lowest BCUT2D eigenvalue weighted by Gasteiger charge is -2.29. The third-order valence-electron chi connectivity index (χ3n) is 4.08. The number of fused-ring (bicyclic) bond motifs is 1. The van der Waals surface area contributed by atoms with E-state index in [-0.39, 0.29) is 10.1 Å². The van der Waals surface area contributed by atoms with Crippen molar-refractivity contribution in [1.82, 2.24) is 4.98 Å². The fourth-order valence-electron chi connectivity index (χ4n) is 3.06. The first kappa shape index (κ1) is 17.9. The molecule has 1 aliphatic heterocycles. The zero-order valence-electron chi connectivity index (χ0n) is 14.5. The Morgan fingerprint density at radius 1 is 1.28 bits per heavy atom. The number of thiazole rings is 1. The van der Waals surface area contributed by atoms with E-state index >= 15 is 0 Å². The molecule has 8 heteroatoms. The first-order valence-corrected chi connectivity index (χ1v) is 10.5. The Balaban J connectivity index is 1.90. The zero-order valence-corrected chi connectivity index (χ0v) is 16.1. The van der Waals surface area contributed by atoms with Crippen LogP contribution in [0.25, 0.3) is 0 Å². The predicted octanol–water partition coefficient (Wildman–Crippen LogP) is 3.25. The fraction of sp³-hybridized carbons (Fsp3) is 0.412. The normalized spacial score (nSPS) is 14.5. The molecule has 0 radical (unpaired) electrons. The van der Waals surface area contributed by atoms with Gasteiger partial charge in [-0.05, 0) is 50.5 Å². The van der Waals surface area contributed by atoms with Crippen molar-refractivity contribution in [1.29, 1.82) is 0 Å². The van der Waals surface area contributed by atoms with Crippen LogP contribution in [0.2, 0.25) is 0 Å². The SMILES string of the molecule is CCCN1C(=O)CCc2cc(NS(=O)(=O)c3sc(C)nc3C)ccc21. The minimum Gasteiger partial charge on any atom is -0.312 e. The molecule has 0 spiro atoms. The number of carbonyl (C=O) groups is 1. The van der Waals surface area contributed by atoms with Gasteiger partial charge in [-0.3, -0.25) is 9.52 Å². The number of sulfonamides is 1. The summed E-state index contributed by atoms with van der Waals surface area (Å²) >= 11 is 1.16. The summed E-state index contributed by atoms with van der Waals surface area (Å²) in [4.78, 5) is 18.1. The number of rotatable bonds is 5. The summed E-state index contributed by atoms with van der Waals surface area (Å²) in [5.41, 5.74) is 2.89. The van der Waals surface area contributed by atoms with E-state index in [2.05, 4.69) is 9.71 Å². The molecule has 0 atom stereocenters. The third-order valence-corrected chi connectivity index (χ3v) is 7.15. The fourth-order valence-corrected chi connectivity index (χ4v) is 5.59. The maximum atomic E-state index is 12.6. The summed E-state index contributed by atoms with van der Waals surface area (Å²) in [6.07, 6.45) is 1.96. The Bertz CT molecular complexity index is 919. The number of carbonyl (C=O) groups excluding carboxylic acids is 1. The molecule has 6 nitrogen and oxygen atoms in total. The lowest BCUT2D eigenvalue weighted by molar-refractivity contribution is -0.118. The van der Waals surface area contributed by atoms with Gasteiger partial charge < -0.3 is 4.90 Å². The average molecular weight is 380 g/mol. The molecule has 1 aromatic carbocycles. The highest BCUT2D eigenvalue weighted by Crippen LogP contribution is 2.32. The minimum absolute atomic E-state index is 0.124. The second kappa shape index (κ2) is 6.76. The maximum absolute atomic E-state index is 12.6. The molecule has 1 aromatic heterocycles. The van der Waals surface area contributed by atoms with Gasteiger partial charge in [-0.25, -0.2) is 13.4 Å². The van der Waals surface area contributed by atoms with E-state index in [1.54, 1.807) is 24.8 Å². The lowest BCUT2D eigenvalue weighted by atomic mass is 10.0. The summed E-state index contributed by atoms with van der Waals surface area (Å²) in [6.45, 7) is 6.19. The van der Waals surface area contributed by atoms with Gasteiger partial charge in [-0.1, -0.05) is 6.92 Å². The van der Waals surface area contributed by atoms with Crippen molar-refractivity contribution in [2.75, 3.05) is 16.2 Å². The number of hydrogen-bond acceptors (Lipinski definition) is 5. The van der Waals surface area contributed by atoms with Gasteiger partial charge in [0.2, 0.25) is 5.91 Å². The Kier molecular flexibility index (Phi) is 4.83. The summed E-state index contributed by atoms with van der Waals surface area (Å²) < 4.78 is 28.1. The van der Waals surface area contributed by atoms with Crippen LogP contribution in [0.5, 0.6) is 0 Å². The topological polar surface area (TPSA) is 79.4 Å². The highest BCUT2D eigenvalue weighted by atomic mass is 32.2. The minimum atomic E-state index is -3.66. The second-order valence-corrected chi connectivity index (χ2v) is 9.18. The molecule has 1 aliphatic rings. The summed E-state index contributed by atoms with van der Waals surface area (Å²) in [7, 11) is -3.66. The van der Waals surface area contributed by atoms with Crippen LogP contribution in [-0.4, -0.2) is 25.9 Å². The molecule has 2 heterocycles. The molecular formula is C17H21N3O3S2. The van der Waals surface area contributed by atoms with Gasteiger partial charge in [0.15, 0.2) is 4.21 Å². The van der Waals surface area contributed by atoms with Gasteiger partial charge in [-0.15, -0.1) is 11.3 Å². The van der Waals surface area contributed by atoms with Crippen molar-refractivity contribution in [3.8, 4) is 0 Å². The van der Waals surface area contributed by atoms with Crippen LogP contribution in [0, 0.1) is 13.8 Å². The van der Waals surface area contributed by atoms with E-state index in [0.29, 0.717) is 30.8 Å². The van der Waals surface area contributed by atoms with E-state index in [1.165, 1.54) is 0 Å². The van der Waals surface area contributed by atoms with Crippen molar-refractivity contribution in [2.24, 2.45) is 0 Å². The predicted molar refractivity (Wildman–Crippen MR) is 99.8 cm³/mol. The number of amides is 1. The maximum Gasteiger partial charge on any atom is 0.273 e. The largest absolute Gasteiger partial charge is 0.312 e. The molecule has 3 rings (SSSR count). The van der Waals surface area contributed by atoms with Gasteiger partial charge in [0, 0.05) is 24.3 Å². The van der Waals surface area contributed by atoms with Crippen molar-refractivity contribution in [3.05, 3.63) is 34.5 Å². The van der Waals surface area contributed by atoms with Crippen LogP contribution in [0.4, 0.5) is 11.4 Å². The molecule has 25 heavy (non-hydrogen) atoms. The molecule has 1 N–H and O–H groups in total. The highest BCUT2D eigenvalue weighted by Gasteiger charge is 2.25. The lowest BCUT2D eigenvalue weighted by Crippen LogP contribution is -2.35. The summed E-state index contributed by atoms with van der Waals surface area (Å²) in [6, 6.07) is 5.36. The van der Waals surface area contributed by atoms with Crippen molar-refractivity contribution in [2.45, 2.75) is 44.2 Å². The van der Waals surface area contributed by atoms with E-state index in [9.17, 15) is 13.2 Å². The van der Waals surface area contributed by atoms with Crippen LogP contribution in [0.3, 0.4) is 0 Å².